The Kier molecular flexibility index (Phi) is 6.60. The van der Waals surface area contributed by atoms with Gasteiger partial charge in [-0.2, -0.15) is 13.2 Å². The minimum Gasteiger partial charge on any atom is -0.462 e. The molecule has 0 bridgehead atoms. The summed E-state index contributed by atoms with van der Waals surface area (Å²) in [5, 5.41) is 7.49. The molecular formula is C19H16F3N3O4S2. The highest BCUT2D eigenvalue weighted by Gasteiger charge is 2.31. The lowest BCUT2D eigenvalue weighted by Crippen LogP contribution is -2.30. The summed E-state index contributed by atoms with van der Waals surface area (Å²) in [7, 11) is -4.15. The van der Waals surface area contributed by atoms with Gasteiger partial charge >= 0.3 is 12.1 Å². The third kappa shape index (κ3) is 5.20. The smallest absolute Gasteiger partial charge is 0.416 e. The summed E-state index contributed by atoms with van der Waals surface area (Å²) < 4.78 is 70.7. The van der Waals surface area contributed by atoms with Crippen LogP contribution in [0.15, 0.2) is 58.9 Å². The summed E-state index contributed by atoms with van der Waals surface area (Å²) in [5.41, 5.74) is 1.02. The second-order valence-corrected chi connectivity index (χ2v) is 8.85. The van der Waals surface area contributed by atoms with E-state index in [-0.39, 0.29) is 28.7 Å². The van der Waals surface area contributed by atoms with E-state index in [1.807, 2.05) is 0 Å². The largest absolute Gasteiger partial charge is 0.462 e. The van der Waals surface area contributed by atoms with E-state index in [1.165, 1.54) is 41.9 Å². The number of aromatic nitrogens is 2. The normalized spacial score (nSPS) is 11.9. The first-order chi connectivity index (χ1) is 14.6. The first kappa shape index (κ1) is 22.7. The van der Waals surface area contributed by atoms with Gasteiger partial charge in [0.25, 0.3) is 10.0 Å². The average Bonchev–Trinajstić information content (AvgIpc) is 3.26. The number of carbonyl (C=O) groups excluding carboxylic acids is 1. The van der Waals surface area contributed by atoms with Crippen molar-refractivity contribution in [3.8, 4) is 0 Å². The molecule has 31 heavy (non-hydrogen) atoms. The lowest BCUT2D eigenvalue weighted by atomic mass is 10.1. The standard InChI is InChI=1S/C19H16F3N3O4S2/c1-2-29-17(26)14-5-9-16(10-6-14)31(27,28)25(18-24-23-12-30-18)11-13-3-7-15(8-4-13)19(20,21)22/h3-10,12H,2,11H2,1H3. The number of ether oxygens (including phenoxy) is 1. The summed E-state index contributed by atoms with van der Waals surface area (Å²) in [6.45, 7) is 1.57. The van der Waals surface area contributed by atoms with Crippen molar-refractivity contribution in [1.29, 1.82) is 0 Å². The molecule has 0 fully saturated rings. The fourth-order valence-electron chi connectivity index (χ4n) is 2.60. The van der Waals surface area contributed by atoms with Gasteiger partial charge in [0.1, 0.15) is 5.51 Å². The molecule has 0 aliphatic rings. The van der Waals surface area contributed by atoms with E-state index in [0.29, 0.717) is 5.56 Å². The van der Waals surface area contributed by atoms with Crippen molar-refractivity contribution < 1.29 is 31.1 Å². The number of anilines is 1. The van der Waals surface area contributed by atoms with Crippen molar-refractivity contribution in [2.45, 2.75) is 24.5 Å². The first-order valence-electron chi connectivity index (χ1n) is 8.85. The Labute approximate surface area is 180 Å². The minimum absolute atomic E-state index is 0.0503. The van der Waals surface area contributed by atoms with Crippen LogP contribution < -0.4 is 4.31 Å². The number of nitrogens with zero attached hydrogens (tertiary/aromatic N) is 3. The Morgan fingerprint density at radius 2 is 1.74 bits per heavy atom. The van der Waals surface area contributed by atoms with Crippen LogP contribution in [0.2, 0.25) is 0 Å². The number of esters is 1. The highest BCUT2D eigenvalue weighted by molar-refractivity contribution is 7.93. The van der Waals surface area contributed by atoms with E-state index < -0.39 is 27.7 Å². The van der Waals surface area contributed by atoms with Gasteiger partial charge in [-0.05, 0) is 48.9 Å². The average molecular weight is 471 g/mol. The topological polar surface area (TPSA) is 89.5 Å². The fourth-order valence-corrected chi connectivity index (χ4v) is 4.79. The Hall–Kier alpha value is -2.99. The molecule has 0 amide bonds. The molecule has 0 radical (unpaired) electrons. The zero-order valence-electron chi connectivity index (χ0n) is 16.0. The van der Waals surface area contributed by atoms with Gasteiger partial charge in [-0.25, -0.2) is 17.5 Å². The van der Waals surface area contributed by atoms with Crippen LogP contribution in [0.5, 0.6) is 0 Å². The van der Waals surface area contributed by atoms with Crippen molar-refractivity contribution in [3.63, 3.8) is 0 Å². The molecule has 0 atom stereocenters. The van der Waals surface area contributed by atoms with Crippen molar-refractivity contribution in [1.82, 2.24) is 10.2 Å². The summed E-state index contributed by atoms with van der Waals surface area (Å²) in [6, 6.07) is 9.32. The van der Waals surface area contributed by atoms with Gasteiger partial charge in [0.05, 0.1) is 29.2 Å². The van der Waals surface area contributed by atoms with Crippen LogP contribution in [0, 0.1) is 0 Å². The Morgan fingerprint density at radius 1 is 1.10 bits per heavy atom. The van der Waals surface area contributed by atoms with E-state index >= 15 is 0 Å². The number of rotatable bonds is 7. The molecule has 0 saturated heterocycles. The van der Waals surface area contributed by atoms with Crippen molar-refractivity contribution in [2.75, 3.05) is 10.9 Å². The molecule has 0 spiro atoms. The fraction of sp³-hybridized carbons (Fsp3) is 0.211. The molecule has 0 saturated carbocycles. The molecule has 0 aliphatic heterocycles. The Bertz CT molecular complexity index is 1130. The van der Waals surface area contributed by atoms with Gasteiger partial charge in [-0.1, -0.05) is 23.5 Å². The van der Waals surface area contributed by atoms with Crippen molar-refractivity contribution in [3.05, 3.63) is 70.7 Å². The predicted octanol–water partition coefficient (Wildman–Crippen LogP) is 4.13. The van der Waals surface area contributed by atoms with Crippen molar-refractivity contribution >= 4 is 32.5 Å². The van der Waals surface area contributed by atoms with E-state index in [9.17, 15) is 26.4 Å². The monoisotopic (exact) mass is 471 g/mol. The molecule has 0 unspecified atom stereocenters. The molecule has 7 nitrogen and oxygen atoms in total. The number of carbonyl (C=O) groups is 1. The predicted molar refractivity (Wildman–Crippen MR) is 107 cm³/mol. The third-order valence-electron chi connectivity index (χ3n) is 4.12. The number of sulfonamides is 1. The maximum atomic E-state index is 13.2. The zero-order chi connectivity index (χ0) is 22.6. The van der Waals surface area contributed by atoms with Crippen molar-refractivity contribution in [2.24, 2.45) is 0 Å². The SMILES string of the molecule is CCOC(=O)c1ccc(S(=O)(=O)N(Cc2ccc(C(F)(F)F)cc2)c2nncs2)cc1. The molecule has 164 valence electrons. The van der Waals surface area contributed by atoms with Crippen LogP contribution in [0.1, 0.15) is 28.4 Å². The van der Waals surface area contributed by atoms with Crippen LogP contribution >= 0.6 is 11.3 Å². The number of hydrogen-bond donors (Lipinski definition) is 0. The molecule has 0 N–H and O–H groups in total. The summed E-state index contributed by atoms with van der Waals surface area (Å²) in [6.07, 6.45) is -4.50. The molecule has 1 heterocycles. The number of alkyl halides is 3. The van der Waals surface area contributed by atoms with Gasteiger partial charge in [0, 0.05) is 0 Å². The van der Waals surface area contributed by atoms with E-state index in [0.717, 1.165) is 27.8 Å². The molecular weight excluding hydrogens is 455 g/mol. The summed E-state index contributed by atoms with van der Waals surface area (Å²) in [4.78, 5) is 11.7. The second kappa shape index (κ2) is 9.02. The molecule has 1 aromatic heterocycles. The molecule has 2 aromatic carbocycles. The van der Waals surface area contributed by atoms with Gasteiger partial charge in [0.15, 0.2) is 0 Å². The van der Waals surface area contributed by atoms with Crippen LogP contribution in [-0.2, 0) is 27.5 Å². The number of hydrogen-bond acceptors (Lipinski definition) is 7. The second-order valence-electron chi connectivity index (χ2n) is 6.17. The highest BCUT2D eigenvalue weighted by atomic mass is 32.2. The van der Waals surface area contributed by atoms with Gasteiger partial charge in [-0.15, -0.1) is 10.2 Å². The zero-order valence-corrected chi connectivity index (χ0v) is 17.7. The molecule has 3 aromatic rings. The minimum atomic E-state index is -4.50. The van der Waals surface area contributed by atoms with Crippen LogP contribution in [0.4, 0.5) is 18.3 Å². The third-order valence-corrected chi connectivity index (χ3v) is 6.70. The van der Waals surface area contributed by atoms with Gasteiger partial charge in [-0.3, -0.25) is 0 Å². The molecule has 0 aliphatic carbocycles. The Morgan fingerprint density at radius 3 is 2.26 bits per heavy atom. The van der Waals surface area contributed by atoms with Crippen LogP contribution in [0.3, 0.4) is 0 Å². The van der Waals surface area contributed by atoms with Gasteiger partial charge in [0.2, 0.25) is 5.13 Å². The molecule has 12 heteroatoms. The number of benzene rings is 2. The van der Waals surface area contributed by atoms with Crippen LogP contribution in [-0.4, -0.2) is 31.2 Å². The lowest BCUT2D eigenvalue weighted by molar-refractivity contribution is -0.137. The maximum Gasteiger partial charge on any atom is 0.416 e. The quantitative estimate of drug-likeness (QED) is 0.482. The van der Waals surface area contributed by atoms with E-state index in [1.54, 1.807) is 6.92 Å². The van der Waals surface area contributed by atoms with Gasteiger partial charge < -0.3 is 4.74 Å². The summed E-state index contributed by atoms with van der Waals surface area (Å²) in [5.74, 6) is -0.586. The maximum absolute atomic E-state index is 13.2. The van der Waals surface area contributed by atoms with E-state index in [4.69, 9.17) is 4.74 Å². The molecule has 3 rings (SSSR count). The lowest BCUT2D eigenvalue weighted by Gasteiger charge is -2.21. The Balaban J connectivity index is 1.92. The first-order valence-corrected chi connectivity index (χ1v) is 11.2. The highest BCUT2D eigenvalue weighted by Crippen LogP contribution is 2.31. The number of halogens is 3. The summed E-state index contributed by atoms with van der Waals surface area (Å²) >= 11 is 0.964. The van der Waals surface area contributed by atoms with E-state index in [2.05, 4.69) is 10.2 Å². The van der Waals surface area contributed by atoms with Crippen LogP contribution in [0.25, 0.3) is 0 Å².